The third-order valence-electron chi connectivity index (χ3n) is 5.94. The summed E-state index contributed by atoms with van der Waals surface area (Å²) in [6.45, 7) is 10.8. The molecule has 0 bridgehead atoms. The van der Waals surface area contributed by atoms with Gasteiger partial charge < -0.3 is 20.4 Å². The van der Waals surface area contributed by atoms with Crippen molar-refractivity contribution in [3.8, 4) is 0 Å². The fourth-order valence-electron chi connectivity index (χ4n) is 3.45. The van der Waals surface area contributed by atoms with Crippen molar-refractivity contribution in [1.82, 2.24) is 0 Å². The fraction of sp³-hybridized carbons (Fsp3) is 0.944. The number of rotatable bonds is 3. The van der Waals surface area contributed by atoms with E-state index in [1.165, 1.54) is 0 Å². The Morgan fingerprint density at radius 1 is 0.826 bits per heavy atom. The molecule has 4 N–H and O–H groups in total. The lowest BCUT2D eigenvalue weighted by atomic mass is 9.66. The first kappa shape index (κ1) is 20.6. The molecule has 5 heteroatoms. The zero-order chi connectivity index (χ0) is 18.2. The van der Waals surface area contributed by atoms with E-state index in [0.29, 0.717) is 12.8 Å². The van der Waals surface area contributed by atoms with Gasteiger partial charge in [0.15, 0.2) is 0 Å². The summed E-state index contributed by atoms with van der Waals surface area (Å²) in [4.78, 5) is 12.0. The van der Waals surface area contributed by atoms with E-state index in [4.69, 9.17) is 0 Å². The van der Waals surface area contributed by atoms with Crippen LogP contribution in [0.2, 0.25) is 0 Å². The van der Waals surface area contributed by atoms with Crippen LogP contribution in [0.15, 0.2) is 0 Å². The molecule has 0 aromatic carbocycles. The summed E-state index contributed by atoms with van der Waals surface area (Å²) in [5.74, 6) is -0.111. The average Bonchev–Trinajstić information content (AvgIpc) is 2.49. The minimum absolute atomic E-state index is 0.0773. The second kappa shape index (κ2) is 6.79. The summed E-state index contributed by atoms with van der Waals surface area (Å²) < 4.78 is 0. The Labute approximate surface area is 139 Å². The molecule has 5 nitrogen and oxygen atoms in total. The number of aliphatic hydroxyl groups excluding tert-OH is 4. The van der Waals surface area contributed by atoms with Crippen molar-refractivity contribution in [2.24, 2.45) is 16.2 Å². The highest BCUT2D eigenvalue weighted by Gasteiger charge is 2.54. The van der Waals surface area contributed by atoms with Crippen LogP contribution < -0.4 is 0 Å². The van der Waals surface area contributed by atoms with Gasteiger partial charge in [-0.2, -0.15) is 0 Å². The summed E-state index contributed by atoms with van der Waals surface area (Å²) >= 11 is 0. The molecule has 4 unspecified atom stereocenters. The number of ketones is 1. The van der Waals surface area contributed by atoms with Gasteiger partial charge in [0.1, 0.15) is 5.78 Å². The van der Waals surface area contributed by atoms with E-state index in [1.54, 1.807) is 13.8 Å². The molecule has 1 aliphatic rings. The Balaban J connectivity index is 3.39. The molecule has 4 atom stereocenters. The number of carbonyl (C=O) groups excluding carboxylic acids is 1. The summed E-state index contributed by atoms with van der Waals surface area (Å²) in [6.07, 6.45) is -3.38. The molecule has 1 fully saturated rings. The molecule has 23 heavy (non-hydrogen) atoms. The molecule has 0 amide bonds. The zero-order valence-corrected chi connectivity index (χ0v) is 15.3. The lowest BCUT2D eigenvalue weighted by molar-refractivity contribution is -0.176. The highest BCUT2D eigenvalue weighted by Crippen LogP contribution is 2.47. The number of Topliss-reactive ketones (excluding diaryl/α,β-unsaturated/α-hetero) is 1. The van der Waals surface area contributed by atoms with Crippen molar-refractivity contribution >= 4 is 5.78 Å². The van der Waals surface area contributed by atoms with E-state index < -0.39 is 40.7 Å². The minimum Gasteiger partial charge on any atom is -0.390 e. The first-order valence-electron chi connectivity index (χ1n) is 8.53. The highest BCUT2D eigenvalue weighted by molar-refractivity contribution is 5.78. The third-order valence-corrected chi connectivity index (χ3v) is 5.94. The van der Waals surface area contributed by atoms with Crippen LogP contribution in [0.25, 0.3) is 0 Å². The van der Waals surface area contributed by atoms with E-state index >= 15 is 0 Å². The SMILES string of the molecule is CCC(=O)CC1(C)C(O)C(O)C(C)(C)CCC(C)(C)C(O)C1O. The molecule has 0 radical (unpaired) electrons. The Morgan fingerprint density at radius 2 is 1.17 bits per heavy atom. The summed E-state index contributed by atoms with van der Waals surface area (Å²) in [5.41, 5.74) is -2.47. The van der Waals surface area contributed by atoms with Crippen molar-refractivity contribution in [1.29, 1.82) is 0 Å². The highest BCUT2D eigenvalue weighted by atomic mass is 16.3. The minimum atomic E-state index is -1.30. The lowest BCUT2D eigenvalue weighted by Gasteiger charge is -2.45. The maximum atomic E-state index is 12.0. The average molecular weight is 330 g/mol. The van der Waals surface area contributed by atoms with Gasteiger partial charge in [0.2, 0.25) is 0 Å². The van der Waals surface area contributed by atoms with Crippen molar-refractivity contribution in [2.45, 2.75) is 91.6 Å². The predicted octanol–water partition coefficient (Wildman–Crippen LogP) is 1.65. The van der Waals surface area contributed by atoms with Crippen LogP contribution in [0, 0.1) is 16.2 Å². The molecule has 0 heterocycles. The van der Waals surface area contributed by atoms with Gasteiger partial charge in [-0.25, -0.2) is 0 Å². The number of hydrogen-bond donors (Lipinski definition) is 4. The van der Waals surface area contributed by atoms with Gasteiger partial charge in [-0.3, -0.25) is 4.79 Å². The molecular formula is C18H34O5. The molecule has 0 aromatic rings. The Morgan fingerprint density at radius 3 is 1.48 bits per heavy atom. The summed E-state index contributed by atoms with van der Waals surface area (Å²) in [5, 5.41) is 42.9. The van der Waals surface area contributed by atoms with Crippen LogP contribution >= 0.6 is 0 Å². The van der Waals surface area contributed by atoms with Crippen LogP contribution in [0.1, 0.15) is 67.2 Å². The van der Waals surface area contributed by atoms with Crippen molar-refractivity contribution in [3.05, 3.63) is 0 Å². The number of carbonyl (C=O) groups is 1. The molecule has 0 spiro atoms. The zero-order valence-electron chi connectivity index (χ0n) is 15.3. The van der Waals surface area contributed by atoms with Crippen LogP contribution in [0.5, 0.6) is 0 Å². The van der Waals surface area contributed by atoms with E-state index in [9.17, 15) is 25.2 Å². The molecule has 1 saturated carbocycles. The Kier molecular flexibility index (Phi) is 6.07. The quantitative estimate of drug-likeness (QED) is 0.631. The molecule has 1 rings (SSSR count). The van der Waals surface area contributed by atoms with Gasteiger partial charge in [0.25, 0.3) is 0 Å². The van der Waals surface area contributed by atoms with Crippen molar-refractivity contribution in [2.75, 3.05) is 0 Å². The molecular weight excluding hydrogens is 296 g/mol. The second-order valence-corrected chi connectivity index (χ2v) is 8.83. The first-order valence-corrected chi connectivity index (χ1v) is 8.53. The monoisotopic (exact) mass is 330 g/mol. The summed E-state index contributed by atoms with van der Waals surface area (Å²) in [7, 11) is 0. The lowest BCUT2D eigenvalue weighted by Crippen LogP contribution is -2.57. The summed E-state index contributed by atoms with van der Waals surface area (Å²) in [6, 6.07) is 0. The maximum absolute atomic E-state index is 12.0. The van der Waals surface area contributed by atoms with E-state index in [0.717, 1.165) is 0 Å². The molecule has 1 aliphatic carbocycles. The van der Waals surface area contributed by atoms with Gasteiger partial charge in [-0.05, 0) is 23.7 Å². The van der Waals surface area contributed by atoms with Gasteiger partial charge in [0, 0.05) is 18.3 Å². The van der Waals surface area contributed by atoms with Crippen molar-refractivity contribution in [3.63, 3.8) is 0 Å². The largest absolute Gasteiger partial charge is 0.390 e. The normalized spacial score (nSPS) is 40.8. The smallest absolute Gasteiger partial charge is 0.133 e. The predicted molar refractivity (Wildman–Crippen MR) is 88.8 cm³/mol. The molecule has 0 aliphatic heterocycles. The van der Waals surface area contributed by atoms with Crippen LogP contribution in [-0.4, -0.2) is 50.6 Å². The molecule has 0 saturated heterocycles. The second-order valence-electron chi connectivity index (χ2n) is 8.83. The fourth-order valence-corrected chi connectivity index (χ4v) is 3.45. The van der Waals surface area contributed by atoms with Gasteiger partial charge in [0.05, 0.1) is 24.4 Å². The van der Waals surface area contributed by atoms with Crippen LogP contribution in [0.3, 0.4) is 0 Å². The molecule has 0 aromatic heterocycles. The first-order chi connectivity index (χ1) is 10.3. The standard InChI is InChI=1S/C18H34O5/c1-7-11(19)10-18(6)14(22)12(20)16(2,3)8-9-17(4,5)13(21)15(18)23/h12-15,20-23H,7-10H2,1-6H3. The maximum Gasteiger partial charge on any atom is 0.133 e. The van der Waals surface area contributed by atoms with E-state index in [-0.39, 0.29) is 18.6 Å². The number of hydrogen-bond acceptors (Lipinski definition) is 5. The Bertz CT molecular complexity index is 401. The van der Waals surface area contributed by atoms with E-state index in [1.807, 2.05) is 27.7 Å². The topological polar surface area (TPSA) is 98.0 Å². The van der Waals surface area contributed by atoms with Gasteiger partial charge >= 0.3 is 0 Å². The van der Waals surface area contributed by atoms with Gasteiger partial charge in [-0.1, -0.05) is 41.5 Å². The molecule has 136 valence electrons. The Hall–Kier alpha value is -0.490. The van der Waals surface area contributed by atoms with Crippen LogP contribution in [0.4, 0.5) is 0 Å². The van der Waals surface area contributed by atoms with E-state index in [2.05, 4.69) is 0 Å². The van der Waals surface area contributed by atoms with Crippen LogP contribution in [-0.2, 0) is 4.79 Å². The van der Waals surface area contributed by atoms with Gasteiger partial charge in [-0.15, -0.1) is 0 Å². The number of aliphatic hydroxyl groups is 4. The third kappa shape index (κ3) is 3.95. The van der Waals surface area contributed by atoms with Crippen molar-refractivity contribution < 1.29 is 25.2 Å².